The van der Waals surface area contributed by atoms with Crippen molar-refractivity contribution in [2.75, 3.05) is 44.8 Å². The number of nitrogens with one attached hydrogen (secondary N) is 1. The SMILES string of the molecule is CC(C)Oc1ccc(C(=O)Nc2ccc(OCCN3CCOCC3)nc2)cc1. The third-order valence-electron chi connectivity index (χ3n) is 4.24. The molecule has 0 bridgehead atoms. The number of hydrogen-bond acceptors (Lipinski definition) is 6. The predicted molar refractivity (Wildman–Crippen MR) is 107 cm³/mol. The van der Waals surface area contributed by atoms with Crippen molar-refractivity contribution in [1.29, 1.82) is 0 Å². The van der Waals surface area contributed by atoms with Crippen molar-refractivity contribution in [1.82, 2.24) is 9.88 Å². The number of benzene rings is 1. The number of ether oxygens (including phenoxy) is 3. The largest absolute Gasteiger partial charge is 0.491 e. The van der Waals surface area contributed by atoms with Gasteiger partial charge in [-0.15, -0.1) is 0 Å². The molecule has 1 amide bonds. The second-order valence-electron chi connectivity index (χ2n) is 6.83. The second kappa shape index (κ2) is 10.1. The van der Waals surface area contributed by atoms with Gasteiger partial charge in [0.15, 0.2) is 0 Å². The van der Waals surface area contributed by atoms with Gasteiger partial charge in [0.1, 0.15) is 12.4 Å². The Labute approximate surface area is 165 Å². The van der Waals surface area contributed by atoms with E-state index in [4.69, 9.17) is 14.2 Å². The highest BCUT2D eigenvalue weighted by Gasteiger charge is 2.10. The molecule has 0 unspecified atom stereocenters. The minimum atomic E-state index is -0.195. The molecular weight excluding hydrogens is 358 g/mol. The topological polar surface area (TPSA) is 72.9 Å². The van der Waals surface area contributed by atoms with E-state index in [-0.39, 0.29) is 12.0 Å². The van der Waals surface area contributed by atoms with Crippen LogP contribution >= 0.6 is 0 Å². The van der Waals surface area contributed by atoms with Gasteiger partial charge in [0.05, 0.1) is 31.2 Å². The Balaban J connectivity index is 1.46. The van der Waals surface area contributed by atoms with Gasteiger partial charge < -0.3 is 19.5 Å². The molecule has 1 aliphatic rings. The molecule has 1 N–H and O–H groups in total. The number of amides is 1. The molecule has 0 radical (unpaired) electrons. The van der Waals surface area contributed by atoms with Crippen LogP contribution in [0, 0.1) is 0 Å². The molecule has 1 saturated heterocycles. The fraction of sp³-hybridized carbons (Fsp3) is 0.429. The lowest BCUT2D eigenvalue weighted by molar-refractivity contribution is 0.0320. The summed E-state index contributed by atoms with van der Waals surface area (Å²) in [4.78, 5) is 18.9. The number of pyridine rings is 1. The van der Waals surface area contributed by atoms with Gasteiger partial charge in [-0.2, -0.15) is 0 Å². The smallest absolute Gasteiger partial charge is 0.255 e. The number of rotatable bonds is 8. The Bertz CT molecular complexity index is 741. The summed E-state index contributed by atoms with van der Waals surface area (Å²) in [5.41, 5.74) is 1.18. The second-order valence-corrected chi connectivity index (χ2v) is 6.83. The zero-order valence-corrected chi connectivity index (χ0v) is 16.4. The molecule has 0 aliphatic carbocycles. The molecule has 7 nitrogen and oxygen atoms in total. The van der Waals surface area contributed by atoms with Crippen molar-refractivity contribution < 1.29 is 19.0 Å². The molecule has 1 aliphatic heterocycles. The number of hydrogen-bond donors (Lipinski definition) is 1. The summed E-state index contributed by atoms with van der Waals surface area (Å²) < 4.78 is 16.6. The number of carbonyl (C=O) groups excluding carboxylic acids is 1. The van der Waals surface area contributed by atoms with Crippen molar-refractivity contribution in [2.45, 2.75) is 20.0 Å². The van der Waals surface area contributed by atoms with E-state index in [1.54, 1.807) is 42.6 Å². The summed E-state index contributed by atoms with van der Waals surface area (Å²) in [5.74, 6) is 1.09. The number of aromatic nitrogens is 1. The Hall–Kier alpha value is -2.64. The van der Waals surface area contributed by atoms with Gasteiger partial charge in [-0.25, -0.2) is 4.98 Å². The molecule has 2 aromatic rings. The van der Waals surface area contributed by atoms with Crippen LogP contribution in [0.2, 0.25) is 0 Å². The molecule has 0 spiro atoms. The third kappa shape index (κ3) is 6.21. The first kappa shape index (κ1) is 20.1. The maximum Gasteiger partial charge on any atom is 0.255 e. The van der Waals surface area contributed by atoms with E-state index in [1.807, 2.05) is 13.8 Å². The van der Waals surface area contributed by atoms with E-state index in [0.29, 0.717) is 23.7 Å². The molecule has 3 rings (SSSR count). The van der Waals surface area contributed by atoms with Gasteiger partial charge in [-0.3, -0.25) is 9.69 Å². The quantitative estimate of drug-likeness (QED) is 0.753. The molecule has 7 heteroatoms. The van der Waals surface area contributed by atoms with Gasteiger partial charge in [0.25, 0.3) is 5.91 Å². The fourth-order valence-electron chi connectivity index (χ4n) is 2.80. The van der Waals surface area contributed by atoms with Crippen molar-refractivity contribution >= 4 is 11.6 Å². The minimum Gasteiger partial charge on any atom is -0.491 e. The van der Waals surface area contributed by atoms with Gasteiger partial charge >= 0.3 is 0 Å². The number of carbonyl (C=O) groups is 1. The summed E-state index contributed by atoms with van der Waals surface area (Å²) in [6.45, 7) is 8.77. The maximum atomic E-state index is 12.4. The Morgan fingerprint density at radius 2 is 1.93 bits per heavy atom. The van der Waals surface area contributed by atoms with E-state index in [1.165, 1.54) is 0 Å². The first-order valence-electron chi connectivity index (χ1n) is 9.57. The van der Waals surface area contributed by atoms with Crippen LogP contribution in [0.3, 0.4) is 0 Å². The lowest BCUT2D eigenvalue weighted by Crippen LogP contribution is -2.38. The molecule has 150 valence electrons. The van der Waals surface area contributed by atoms with Crippen LogP contribution in [-0.4, -0.2) is 61.3 Å². The first-order valence-corrected chi connectivity index (χ1v) is 9.57. The van der Waals surface area contributed by atoms with Crippen molar-refractivity contribution in [3.63, 3.8) is 0 Å². The lowest BCUT2D eigenvalue weighted by atomic mass is 10.2. The summed E-state index contributed by atoms with van der Waals surface area (Å²) in [6.07, 6.45) is 1.69. The molecule has 2 heterocycles. The zero-order chi connectivity index (χ0) is 19.8. The number of morpholine rings is 1. The van der Waals surface area contributed by atoms with Crippen LogP contribution < -0.4 is 14.8 Å². The van der Waals surface area contributed by atoms with Crippen molar-refractivity contribution in [3.8, 4) is 11.6 Å². The van der Waals surface area contributed by atoms with E-state index >= 15 is 0 Å². The Kier molecular flexibility index (Phi) is 7.22. The highest BCUT2D eigenvalue weighted by Crippen LogP contribution is 2.16. The first-order chi connectivity index (χ1) is 13.6. The van der Waals surface area contributed by atoms with Crippen LogP contribution in [0.5, 0.6) is 11.6 Å². The van der Waals surface area contributed by atoms with E-state index < -0.39 is 0 Å². The van der Waals surface area contributed by atoms with Gasteiger partial charge in [-0.1, -0.05) is 0 Å². The van der Waals surface area contributed by atoms with Crippen LogP contribution in [0.15, 0.2) is 42.6 Å². The zero-order valence-electron chi connectivity index (χ0n) is 16.4. The van der Waals surface area contributed by atoms with Crippen molar-refractivity contribution in [3.05, 3.63) is 48.2 Å². The third-order valence-corrected chi connectivity index (χ3v) is 4.24. The average molecular weight is 385 g/mol. The van der Waals surface area contributed by atoms with Gasteiger partial charge in [-0.05, 0) is 44.2 Å². The van der Waals surface area contributed by atoms with Crippen LogP contribution in [0.25, 0.3) is 0 Å². The Morgan fingerprint density at radius 1 is 1.18 bits per heavy atom. The van der Waals surface area contributed by atoms with E-state index in [9.17, 15) is 4.79 Å². The van der Waals surface area contributed by atoms with Crippen molar-refractivity contribution in [2.24, 2.45) is 0 Å². The highest BCUT2D eigenvalue weighted by atomic mass is 16.5. The monoisotopic (exact) mass is 385 g/mol. The summed E-state index contributed by atoms with van der Waals surface area (Å²) in [7, 11) is 0. The minimum absolute atomic E-state index is 0.0975. The normalized spacial score (nSPS) is 14.7. The van der Waals surface area contributed by atoms with E-state index in [2.05, 4.69) is 15.2 Å². The van der Waals surface area contributed by atoms with Crippen LogP contribution in [0.1, 0.15) is 24.2 Å². The summed E-state index contributed by atoms with van der Waals surface area (Å²) >= 11 is 0. The molecule has 1 fully saturated rings. The van der Waals surface area contributed by atoms with Crippen LogP contribution in [-0.2, 0) is 4.74 Å². The lowest BCUT2D eigenvalue weighted by Gasteiger charge is -2.26. The molecule has 28 heavy (non-hydrogen) atoms. The molecule has 1 aromatic carbocycles. The standard InChI is InChI=1S/C21H27N3O4/c1-16(2)28-19-6-3-17(4-7-19)21(25)23-18-5-8-20(22-15-18)27-14-11-24-9-12-26-13-10-24/h3-8,15-16H,9-14H2,1-2H3,(H,23,25). The fourth-order valence-corrected chi connectivity index (χ4v) is 2.80. The highest BCUT2D eigenvalue weighted by molar-refractivity contribution is 6.04. The van der Waals surface area contributed by atoms with Crippen LogP contribution in [0.4, 0.5) is 5.69 Å². The predicted octanol–water partition coefficient (Wildman–Crippen LogP) is 2.83. The van der Waals surface area contributed by atoms with E-state index in [0.717, 1.165) is 38.6 Å². The Morgan fingerprint density at radius 3 is 2.57 bits per heavy atom. The average Bonchev–Trinajstić information content (AvgIpc) is 2.70. The van der Waals surface area contributed by atoms with Gasteiger partial charge in [0, 0.05) is 31.3 Å². The molecule has 1 aromatic heterocycles. The molecule has 0 atom stereocenters. The summed E-state index contributed by atoms with van der Waals surface area (Å²) in [6, 6.07) is 10.6. The summed E-state index contributed by atoms with van der Waals surface area (Å²) in [5, 5.41) is 2.83. The van der Waals surface area contributed by atoms with Gasteiger partial charge in [0.2, 0.25) is 5.88 Å². The molecular formula is C21H27N3O4. The molecule has 0 saturated carbocycles. The maximum absolute atomic E-state index is 12.4. The number of nitrogens with zero attached hydrogens (tertiary/aromatic N) is 2. The number of anilines is 1.